The number of β-amino-alcohol motifs (C(OH)–C–C–N with tert-alkyl or cyclic N) is 1. The molecule has 108 valence electrons. The summed E-state index contributed by atoms with van der Waals surface area (Å²) in [4.78, 5) is 25.4. The summed E-state index contributed by atoms with van der Waals surface area (Å²) in [6, 6.07) is 0. The van der Waals surface area contributed by atoms with Crippen LogP contribution in [0, 0.1) is 17.8 Å². The lowest BCUT2D eigenvalue weighted by molar-refractivity contribution is -0.154. The van der Waals surface area contributed by atoms with Crippen molar-refractivity contribution in [3.8, 4) is 0 Å². The van der Waals surface area contributed by atoms with E-state index >= 15 is 0 Å². The number of carboxylic acids is 1. The second kappa shape index (κ2) is 5.90. The van der Waals surface area contributed by atoms with Crippen LogP contribution in [0.5, 0.6) is 0 Å². The fourth-order valence-electron chi connectivity index (χ4n) is 3.21. The first-order valence-electron chi connectivity index (χ1n) is 7.20. The summed E-state index contributed by atoms with van der Waals surface area (Å²) in [6.07, 6.45) is 3.38. The minimum absolute atomic E-state index is 0.0712. The second-order valence-electron chi connectivity index (χ2n) is 5.95. The highest BCUT2D eigenvalue weighted by atomic mass is 16.4. The summed E-state index contributed by atoms with van der Waals surface area (Å²) in [5, 5.41) is 19.1. The lowest BCUT2D eigenvalue weighted by atomic mass is 9.78. The van der Waals surface area contributed by atoms with Crippen molar-refractivity contribution in [3.63, 3.8) is 0 Å². The number of nitrogens with zero attached hydrogens (tertiary/aromatic N) is 1. The number of carbonyl (C=O) groups excluding carboxylic acids is 1. The van der Waals surface area contributed by atoms with Crippen molar-refractivity contribution < 1.29 is 19.8 Å². The van der Waals surface area contributed by atoms with Gasteiger partial charge in [0.25, 0.3) is 0 Å². The molecule has 0 spiro atoms. The van der Waals surface area contributed by atoms with Gasteiger partial charge in [-0.05, 0) is 25.2 Å². The molecule has 0 aromatic heterocycles. The van der Waals surface area contributed by atoms with Crippen LogP contribution < -0.4 is 0 Å². The fraction of sp³-hybridized carbons (Fsp3) is 0.857. The van der Waals surface area contributed by atoms with Gasteiger partial charge in [0, 0.05) is 13.1 Å². The van der Waals surface area contributed by atoms with Gasteiger partial charge >= 0.3 is 5.97 Å². The van der Waals surface area contributed by atoms with Gasteiger partial charge in [0.15, 0.2) is 0 Å². The molecule has 1 amide bonds. The summed E-state index contributed by atoms with van der Waals surface area (Å²) >= 11 is 0. The molecule has 2 aliphatic rings. The normalized spacial score (nSPS) is 36.0. The van der Waals surface area contributed by atoms with Gasteiger partial charge in [-0.1, -0.05) is 19.8 Å². The smallest absolute Gasteiger partial charge is 0.307 e. The first-order chi connectivity index (χ1) is 9.00. The molecule has 0 radical (unpaired) electrons. The Morgan fingerprint density at radius 3 is 2.32 bits per heavy atom. The highest BCUT2D eigenvalue weighted by Crippen LogP contribution is 2.32. The van der Waals surface area contributed by atoms with Crippen LogP contribution in [0.15, 0.2) is 0 Å². The number of aliphatic carboxylic acids is 1. The molecule has 4 unspecified atom stereocenters. The molecular weight excluding hydrogens is 246 g/mol. The molecule has 1 saturated heterocycles. The van der Waals surface area contributed by atoms with E-state index in [2.05, 4.69) is 0 Å². The zero-order valence-electron chi connectivity index (χ0n) is 11.4. The summed E-state index contributed by atoms with van der Waals surface area (Å²) in [7, 11) is 0. The van der Waals surface area contributed by atoms with Crippen LogP contribution in [-0.4, -0.2) is 46.2 Å². The predicted octanol–water partition coefficient (Wildman–Crippen LogP) is 1.11. The zero-order chi connectivity index (χ0) is 14.0. The van der Waals surface area contributed by atoms with Crippen molar-refractivity contribution >= 4 is 11.9 Å². The lowest BCUT2D eigenvalue weighted by Crippen LogP contribution is -2.50. The summed E-state index contributed by atoms with van der Waals surface area (Å²) in [5.74, 6) is -1.66. The maximum Gasteiger partial charge on any atom is 0.307 e. The van der Waals surface area contributed by atoms with Crippen LogP contribution >= 0.6 is 0 Å². The van der Waals surface area contributed by atoms with Gasteiger partial charge in [-0.2, -0.15) is 0 Å². The molecule has 1 aliphatic heterocycles. The number of amides is 1. The number of aliphatic hydroxyl groups excluding tert-OH is 1. The molecule has 5 heteroatoms. The second-order valence-corrected chi connectivity index (χ2v) is 5.95. The Labute approximate surface area is 113 Å². The molecule has 19 heavy (non-hydrogen) atoms. The summed E-state index contributed by atoms with van der Waals surface area (Å²) in [6.45, 7) is 2.97. The minimum Gasteiger partial charge on any atom is -0.481 e. The lowest BCUT2D eigenvalue weighted by Gasteiger charge is -2.38. The van der Waals surface area contributed by atoms with Gasteiger partial charge in [-0.25, -0.2) is 0 Å². The van der Waals surface area contributed by atoms with E-state index in [1.165, 1.54) is 0 Å². The molecule has 1 saturated carbocycles. The Bertz CT molecular complexity index is 357. The standard InChI is InChI=1S/C14H23NO4/c1-9-6-7-15(8-12(9)16)13(17)10-4-2-3-5-11(10)14(18)19/h9-12,16H,2-8H2,1H3,(H,18,19). The predicted molar refractivity (Wildman–Crippen MR) is 69.5 cm³/mol. The molecule has 4 atom stereocenters. The average Bonchev–Trinajstić information content (AvgIpc) is 2.41. The van der Waals surface area contributed by atoms with E-state index in [1.54, 1.807) is 4.90 Å². The van der Waals surface area contributed by atoms with Crippen molar-refractivity contribution in [2.45, 2.75) is 45.1 Å². The van der Waals surface area contributed by atoms with Gasteiger partial charge in [0.05, 0.1) is 17.9 Å². The van der Waals surface area contributed by atoms with Crippen molar-refractivity contribution in [3.05, 3.63) is 0 Å². The molecule has 5 nitrogen and oxygen atoms in total. The third-order valence-electron chi connectivity index (χ3n) is 4.63. The highest BCUT2D eigenvalue weighted by Gasteiger charge is 2.39. The van der Waals surface area contributed by atoms with E-state index in [0.717, 1.165) is 19.3 Å². The number of likely N-dealkylation sites (tertiary alicyclic amines) is 1. The quantitative estimate of drug-likeness (QED) is 0.787. The van der Waals surface area contributed by atoms with Crippen LogP contribution in [0.1, 0.15) is 39.0 Å². The summed E-state index contributed by atoms with van der Waals surface area (Å²) < 4.78 is 0. The maximum atomic E-state index is 12.5. The van der Waals surface area contributed by atoms with E-state index in [-0.39, 0.29) is 11.8 Å². The van der Waals surface area contributed by atoms with Crippen molar-refractivity contribution in [2.75, 3.05) is 13.1 Å². The van der Waals surface area contributed by atoms with Crippen LogP contribution in [0.4, 0.5) is 0 Å². The number of rotatable bonds is 2. The third kappa shape index (κ3) is 3.08. The topological polar surface area (TPSA) is 77.8 Å². The van der Waals surface area contributed by atoms with E-state index in [4.69, 9.17) is 0 Å². The number of piperidine rings is 1. The van der Waals surface area contributed by atoms with Crippen LogP contribution in [0.3, 0.4) is 0 Å². The van der Waals surface area contributed by atoms with Crippen molar-refractivity contribution in [1.82, 2.24) is 4.90 Å². The fourth-order valence-corrected chi connectivity index (χ4v) is 3.21. The molecule has 2 fully saturated rings. The SMILES string of the molecule is CC1CCN(C(=O)C2CCCCC2C(=O)O)CC1O. The Morgan fingerprint density at radius 1 is 1.11 bits per heavy atom. The zero-order valence-corrected chi connectivity index (χ0v) is 11.4. The number of carboxylic acid groups (broad SMARTS) is 1. The van der Waals surface area contributed by atoms with Gasteiger partial charge < -0.3 is 15.1 Å². The highest BCUT2D eigenvalue weighted by molar-refractivity contribution is 5.85. The molecule has 1 aliphatic carbocycles. The number of hydrogen-bond acceptors (Lipinski definition) is 3. The molecule has 2 rings (SSSR count). The first kappa shape index (κ1) is 14.3. The van der Waals surface area contributed by atoms with E-state index in [0.29, 0.717) is 25.9 Å². The molecule has 0 aromatic rings. The molecule has 0 aromatic carbocycles. The molecule has 1 heterocycles. The van der Waals surface area contributed by atoms with E-state index < -0.39 is 23.9 Å². The largest absolute Gasteiger partial charge is 0.481 e. The minimum atomic E-state index is -0.857. The number of hydrogen-bond donors (Lipinski definition) is 2. The van der Waals surface area contributed by atoms with Crippen LogP contribution in [-0.2, 0) is 9.59 Å². The van der Waals surface area contributed by atoms with Gasteiger partial charge in [-0.15, -0.1) is 0 Å². The molecule has 0 bridgehead atoms. The third-order valence-corrected chi connectivity index (χ3v) is 4.63. The van der Waals surface area contributed by atoms with Gasteiger partial charge in [0.1, 0.15) is 0 Å². The van der Waals surface area contributed by atoms with Crippen LogP contribution in [0.2, 0.25) is 0 Å². The van der Waals surface area contributed by atoms with Crippen molar-refractivity contribution in [2.24, 2.45) is 17.8 Å². The first-order valence-corrected chi connectivity index (χ1v) is 7.20. The maximum absolute atomic E-state index is 12.5. The number of carbonyl (C=O) groups is 2. The Balaban J connectivity index is 2.03. The molecular formula is C14H23NO4. The molecule has 2 N–H and O–H groups in total. The summed E-state index contributed by atoms with van der Waals surface area (Å²) in [5.41, 5.74) is 0. The average molecular weight is 269 g/mol. The van der Waals surface area contributed by atoms with Crippen LogP contribution in [0.25, 0.3) is 0 Å². The Morgan fingerprint density at radius 2 is 1.74 bits per heavy atom. The Hall–Kier alpha value is -1.10. The van der Waals surface area contributed by atoms with Gasteiger partial charge in [-0.3, -0.25) is 9.59 Å². The number of aliphatic hydroxyl groups is 1. The van der Waals surface area contributed by atoms with E-state index in [1.807, 2.05) is 6.92 Å². The van der Waals surface area contributed by atoms with Gasteiger partial charge in [0.2, 0.25) is 5.91 Å². The van der Waals surface area contributed by atoms with Crippen molar-refractivity contribution in [1.29, 1.82) is 0 Å². The monoisotopic (exact) mass is 269 g/mol. The Kier molecular flexibility index (Phi) is 4.45. The van der Waals surface area contributed by atoms with E-state index in [9.17, 15) is 19.8 Å².